The van der Waals surface area contributed by atoms with E-state index in [0.717, 1.165) is 13.2 Å². The standard InChI is InChI=1S/C16H26O2/c1-12-7-13-5-4-6-15(2,3)14(13)8-16(12)9-17-11-18-10-16/h12H,4-11H2,1-3H3/t12-/m1/s1. The van der Waals surface area contributed by atoms with Crippen LogP contribution in [0, 0.1) is 16.7 Å². The van der Waals surface area contributed by atoms with E-state index < -0.39 is 0 Å². The Bertz CT molecular complexity index is 361. The van der Waals surface area contributed by atoms with E-state index >= 15 is 0 Å². The van der Waals surface area contributed by atoms with Gasteiger partial charge in [0.15, 0.2) is 0 Å². The second-order valence-electron chi connectivity index (χ2n) is 7.28. The van der Waals surface area contributed by atoms with E-state index in [2.05, 4.69) is 20.8 Å². The summed E-state index contributed by atoms with van der Waals surface area (Å²) in [5, 5.41) is 0. The first-order valence-electron chi connectivity index (χ1n) is 7.40. The van der Waals surface area contributed by atoms with Gasteiger partial charge in [-0.1, -0.05) is 31.9 Å². The zero-order valence-electron chi connectivity index (χ0n) is 12.1. The molecule has 0 bridgehead atoms. The second kappa shape index (κ2) is 4.35. The molecule has 2 heteroatoms. The summed E-state index contributed by atoms with van der Waals surface area (Å²) < 4.78 is 11.3. The quantitative estimate of drug-likeness (QED) is 0.607. The Morgan fingerprint density at radius 2 is 1.89 bits per heavy atom. The van der Waals surface area contributed by atoms with Crippen LogP contribution in [0.25, 0.3) is 0 Å². The van der Waals surface area contributed by atoms with Crippen molar-refractivity contribution in [3.63, 3.8) is 0 Å². The van der Waals surface area contributed by atoms with Crippen molar-refractivity contribution in [3.8, 4) is 0 Å². The summed E-state index contributed by atoms with van der Waals surface area (Å²) in [6.45, 7) is 9.51. The predicted molar refractivity (Wildman–Crippen MR) is 72.3 cm³/mol. The molecule has 0 amide bonds. The SMILES string of the molecule is C[C@@H]1CC2=C(CC13COCOC3)C(C)(C)CCC2. The Morgan fingerprint density at radius 1 is 1.17 bits per heavy atom. The molecule has 1 heterocycles. The second-order valence-corrected chi connectivity index (χ2v) is 7.28. The van der Waals surface area contributed by atoms with Crippen LogP contribution in [0.4, 0.5) is 0 Å². The van der Waals surface area contributed by atoms with Gasteiger partial charge < -0.3 is 9.47 Å². The van der Waals surface area contributed by atoms with Crippen LogP contribution in [-0.4, -0.2) is 20.0 Å². The minimum Gasteiger partial charge on any atom is -0.355 e. The molecule has 1 fully saturated rings. The van der Waals surface area contributed by atoms with Gasteiger partial charge in [-0.25, -0.2) is 0 Å². The fraction of sp³-hybridized carbons (Fsp3) is 0.875. The molecule has 0 unspecified atom stereocenters. The van der Waals surface area contributed by atoms with E-state index in [1.165, 1.54) is 32.1 Å². The largest absolute Gasteiger partial charge is 0.355 e. The van der Waals surface area contributed by atoms with E-state index in [1.807, 2.05) is 0 Å². The Balaban J connectivity index is 1.92. The van der Waals surface area contributed by atoms with Crippen LogP contribution in [-0.2, 0) is 9.47 Å². The zero-order chi connectivity index (χ0) is 12.8. The molecule has 18 heavy (non-hydrogen) atoms. The molecule has 1 aliphatic heterocycles. The highest BCUT2D eigenvalue weighted by molar-refractivity contribution is 5.29. The van der Waals surface area contributed by atoms with Crippen LogP contribution in [0.2, 0.25) is 0 Å². The molecule has 1 atom stereocenters. The molecule has 3 rings (SSSR count). The summed E-state index contributed by atoms with van der Waals surface area (Å²) in [5.74, 6) is 0.699. The molecule has 1 spiro atoms. The molecule has 102 valence electrons. The summed E-state index contributed by atoms with van der Waals surface area (Å²) in [5.41, 5.74) is 4.15. The highest BCUT2D eigenvalue weighted by Crippen LogP contribution is 2.54. The fourth-order valence-corrected chi connectivity index (χ4v) is 4.20. The van der Waals surface area contributed by atoms with Gasteiger partial charge in [-0.2, -0.15) is 0 Å². The van der Waals surface area contributed by atoms with E-state index in [0.29, 0.717) is 18.1 Å². The van der Waals surface area contributed by atoms with Crippen LogP contribution >= 0.6 is 0 Å². The third-order valence-electron chi connectivity index (χ3n) is 5.60. The van der Waals surface area contributed by atoms with Gasteiger partial charge in [-0.3, -0.25) is 0 Å². The maximum Gasteiger partial charge on any atom is 0.146 e. The lowest BCUT2D eigenvalue weighted by Crippen LogP contribution is -2.47. The van der Waals surface area contributed by atoms with Gasteiger partial charge in [0, 0.05) is 5.41 Å². The molecule has 3 aliphatic rings. The first-order valence-corrected chi connectivity index (χ1v) is 7.40. The van der Waals surface area contributed by atoms with Crippen molar-refractivity contribution in [2.45, 2.75) is 52.9 Å². The topological polar surface area (TPSA) is 18.5 Å². The molecule has 0 saturated carbocycles. The maximum absolute atomic E-state index is 5.64. The number of hydrogen-bond acceptors (Lipinski definition) is 2. The summed E-state index contributed by atoms with van der Waals surface area (Å²) in [7, 11) is 0. The number of rotatable bonds is 0. The Kier molecular flexibility index (Phi) is 3.06. The van der Waals surface area contributed by atoms with Crippen LogP contribution in [0.1, 0.15) is 52.9 Å². The fourth-order valence-electron chi connectivity index (χ4n) is 4.20. The molecule has 0 radical (unpaired) electrons. The van der Waals surface area contributed by atoms with Crippen molar-refractivity contribution in [2.24, 2.45) is 16.7 Å². The van der Waals surface area contributed by atoms with Gasteiger partial charge in [0.1, 0.15) is 6.79 Å². The van der Waals surface area contributed by atoms with Crippen molar-refractivity contribution < 1.29 is 9.47 Å². The van der Waals surface area contributed by atoms with Crippen molar-refractivity contribution in [3.05, 3.63) is 11.1 Å². The van der Waals surface area contributed by atoms with E-state index in [4.69, 9.17) is 9.47 Å². The summed E-state index contributed by atoms with van der Waals surface area (Å²) >= 11 is 0. The van der Waals surface area contributed by atoms with Gasteiger partial charge in [0.05, 0.1) is 13.2 Å². The van der Waals surface area contributed by atoms with Crippen LogP contribution in [0.5, 0.6) is 0 Å². The van der Waals surface area contributed by atoms with Crippen LogP contribution < -0.4 is 0 Å². The molecule has 0 N–H and O–H groups in total. The van der Waals surface area contributed by atoms with E-state index in [9.17, 15) is 0 Å². The molecular formula is C16H26O2. The molecule has 0 aromatic rings. The van der Waals surface area contributed by atoms with Gasteiger partial charge in [-0.05, 0) is 43.4 Å². The van der Waals surface area contributed by atoms with E-state index in [1.54, 1.807) is 11.1 Å². The minimum absolute atomic E-state index is 0.256. The lowest BCUT2D eigenvalue weighted by Gasteiger charge is -2.50. The number of allylic oxidation sites excluding steroid dienone is 2. The lowest BCUT2D eigenvalue weighted by molar-refractivity contribution is -0.182. The monoisotopic (exact) mass is 250 g/mol. The van der Waals surface area contributed by atoms with Crippen LogP contribution in [0.15, 0.2) is 11.1 Å². The molecule has 2 nitrogen and oxygen atoms in total. The Labute approximate surface area is 111 Å². The van der Waals surface area contributed by atoms with Gasteiger partial charge in [-0.15, -0.1) is 0 Å². The average molecular weight is 250 g/mol. The van der Waals surface area contributed by atoms with Crippen LogP contribution in [0.3, 0.4) is 0 Å². The molecule has 0 aromatic heterocycles. The van der Waals surface area contributed by atoms with Crippen molar-refractivity contribution in [1.29, 1.82) is 0 Å². The first kappa shape index (κ1) is 12.7. The zero-order valence-corrected chi connectivity index (χ0v) is 12.1. The summed E-state index contributed by atoms with van der Waals surface area (Å²) in [6, 6.07) is 0. The molecule has 1 saturated heterocycles. The van der Waals surface area contributed by atoms with Crippen molar-refractivity contribution >= 4 is 0 Å². The smallest absolute Gasteiger partial charge is 0.146 e. The normalized spacial score (nSPS) is 34.5. The highest BCUT2D eigenvalue weighted by Gasteiger charge is 2.46. The molecule has 0 aromatic carbocycles. The highest BCUT2D eigenvalue weighted by atomic mass is 16.7. The first-order chi connectivity index (χ1) is 8.54. The van der Waals surface area contributed by atoms with Crippen molar-refractivity contribution in [2.75, 3.05) is 20.0 Å². The maximum atomic E-state index is 5.64. The molecular weight excluding hydrogens is 224 g/mol. The Hall–Kier alpha value is -0.340. The average Bonchev–Trinajstić information content (AvgIpc) is 2.33. The summed E-state index contributed by atoms with van der Waals surface area (Å²) in [6.07, 6.45) is 6.53. The number of hydrogen-bond donors (Lipinski definition) is 0. The van der Waals surface area contributed by atoms with Gasteiger partial charge >= 0.3 is 0 Å². The molecule has 2 aliphatic carbocycles. The third kappa shape index (κ3) is 1.94. The lowest BCUT2D eigenvalue weighted by atomic mass is 9.58. The van der Waals surface area contributed by atoms with Gasteiger partial charge in [0.2, 0.25) is 0 Å². The minimum atomic E-state index is 0.256. The summed E-state index contributed by atoms with van der Waals surface area (Å²) in [4.78, 5) is 0. The predicted octanol–water partition coefficient (Wildman–Crippen LogP) is 3.91. The van der Waals surface area contributed by atoms with Gasteiger partial charge in [0.25, 0.3) is 0 Å². The van der Waals surface area contributed by atoms with E-state index in [-0.39, 0.29) is 5.41 Å². The number of ether oxygens (including phenoxy) is 2. The third-order valence-corrected chi connectivity index (χ3v) is 5.60. The van der Waals surface area contributed by atoms with Crippen molar-refractivity contribution in [1.82, 2.24) is 0 Å². The Morgan fingerprint density at radius 3 is 2.61 bits per heavy atom.